The Morgan fingerprint density at radius 2 is 2.21 bits per heavy atom. The van der Waals surface area contributed by atoms with Crippen molar-refractivity contribution in [1.82, 2.24) is 20.0 Å². The largest absolute Gasteiger partial charge is 0.368 e. The summed E-state index contributed by atoms with van der Waals surface area (Å²) in [4.78, 5) is 22.2. The number of rotatable bonds is 4. The number of anilines is 1. The van der Waals surface area contributed by atoms with Gasteiger partial charge in [-0.15, -0.1) is 0 Å². The Kier molecular flexibility index (Phi) is 4.75. The molecule has 1 saturated heterocycles. The average Bonchev–Trinajstić information content (AvgIpc) is 2.98. The summed E-state index contributed by atoms with van der Waals surface area (Å²) in [5, 5.41) is 7.06. The van der Waals surface area contributed by atoms with Crippen molar-refractivity contribution in [2.24, 2.45) is 0 Å². The van der Waals surface area contributed by atoms with Gasteiger partial charge in [-0.3, -0.25) is 4.79 Å². The van der Waals surface area contributed by atoms with Crippen molar-refractivity contribution in [3.63, 3.8) is 0 Å². The second kappa shape index (κ2) is 6.96. The van der Waals surface area contributed by atoms with Gasteiger partial charge >= 0.3 is 0 Å². The van der Waals surface area contributed by atoms with E-state index in [1.807, 2.05) is 26.0 Å². The van der Waals surface area contributed by atoms with Crippen molar-refractivity contribution in [3.05, 3.63) is 35.1 Å². The molecule has 1 atom stereocenters. The lowest BCUT2D eigenvalue weighted by molar-refractivity contribution is -0.136. The van der Waals surface area contributed by atoms with E-state index in [4.69, 9.17) is 9.26 Å². The minimum Gasteiger partial charge on any atom is -0.368 e. The molecule has 24 heavy (non-hydrogen) atoms. The first-order chi connectivity index (χ1) is 11.5. The fourth-order valence-electron chi connectivity index (χ4n) is 2.64. The number of amides is 1. The smallest absolute Gasteiger partial charge is 0.219 e. The molecule has 128 valence electrons. The molecule has 1 aliphatic rings. The number of carbonyl (C=O) groups excluding carboxylic acids is 1. The van der Waals surface area contributed by atoms with E-state index in [9.17, 15) is 4.79 Å². The Morgan fingerprint density at radius 1 is 1.38 bits per heavy atom. The monoisotopic (exact) mass is 331 g/mol. The molecule has 3 rings (SSSR count). The Balaban J connectivity index is 1.72. The maximum atomic E-state index is 11.6. The van der Waals surface area contributed by atoms with Gasteiger partial charge in [0.1, 0.15) is 17.7 Å². The number of aromatic nitrogens is 3. The van der Waals surface area contributed by atoms with E-state index in [1.54, 1.807) is 11.8 Å². The van der Waals surface area contributed by atoms with Gasteiger partial charge in [-0.1, -0.05) is 5.16 Å². The van der Waals surface area contributed by atoms with Crippen LogP contribution in [0.15, 0.2) is 16.7 Å². The van der Waals surface area contributed by atoms with Crippen LogP contribution in [0.1, 0.15) is 36.0 Å². The highest BCUT2D eigenvalue weighted by Crippen LogP contribution is 2.23. The van der Waals surface area contributed by atoms with Crippen LogP contribution >= 0.6 is 0 Å². The van der Waals surface area contributed by atoms with Crippen molar-refractivity contribution in [3.8, 4) is 0 Å². The van der Waals surface area contributed by atoms with Gasteiger partial charge in [0.2, 0.25) is 5.91 Å². The van der Waals surface area contributed by atoms with Crippen LogP contribution in [0.3, 0.4) is 0 Å². The maximum Gasteiger partial charge on any atom is 0.219 e. The zero-order valence-corrected chi connectivity index (χ0v) is 14.1. The number of aryl methyl sites for hydroxylation is 2. The number of hydrogen-bond donors (Lipinski definition) is 1. The van der Waals surface area contributed by atoms with Gasteiger partial charge in [0.05, 0.1) is 31.1 Å². The van der Waals surface area contributed by atoms with Gasteiger partial charge in [-0.2, -0.15) is 0 Å². The molecule has 0 bridgehead atoms. The molecular formula is C16H21N5O3. The summed E-state index contributed by atoms with van der Waals surface area (Å²) in [5.74, 6) is 2.12. The van der Waals surface area contributed by atoms with Crippen molar-refractivity contribution >= 4 is 11.7 Å². The third kappa shape index (κ3) is 3.88. The predicted molar refractivity (Wildman–Crippen MR) is 86.3 cm³/mol. The Hall–Kier alpha value is -2.48. The standard InChI is InChI=1S/C16H21N5O3/c1-10-6-13(24-20-10)8-17-16-7-14(18-11(2)19-16)15-9-21(12(3)22)4-5-23-15/h6-7,15H,4-5,8-9H2,1-3H3,(H,17,18,19). The molecule has 0 saturated carbocycles. The predicted octanol–water partition coefficient (Wildman–Crippen LogP) is 1.61. The molecule has 1 amide bonds. The average molecular weight is 331 g/mol. The lowest BCUT2D eigenvalue weighted by Crippen LogP contribution is -2.41. The molecule has 1 aliphatic heterocycles. The number of hydrogen-bond acceptors (Lipinski definition) is 7. The highest BCUT2D eigenvalue weighted by atomic mass is 16.5. The SMILES string of the molecule is CC(=O)N1CCOC(c2cc(NCc3cc(C)no3)nc(C)n2)C1. The summed E-state index contributed by atoms with van der Waals surface area (Å²) >= 11 is 0. The summed E-state index contributed by atoms with van der Waals surface area (Å²) in [6.45, 7) is 7.40. The first-order valence-electron chi connectivity index (χ1n) is 7.90. The van der Waals surface area contributed by atoms with Crippen molar-refractivity contribution in [2.75, 3.05) is 25.0 Å². The molecule has 2 aromatic heterocycles. The van der Waals surface area contributed by atoms with Crippen LogP contribution in [0.25, 0.3) is 0 Å². The fraction of sp³-hybridized carbons (Fsp3) is 0.500. The molecular weight excluding hydrogens is 310 g/mol. The molecule has 1 unspecified atom stereocenters. The third-order valence-electron chi connectivity index (χ3n) is 3.82. The Labute approximate surface area is 140 Å². The van der Waals surface area contributed by atoms with Gasteiger partial charge in [0, 0.05) is 25.6 Å². The van der Waals surface area contributed by atoms with Gasteiger partial charge < -0.3 is 19.5 Å². The fourth-order valence-corrected chi connectivity index (χ4v) is 2.64. The van der Waals surface area contributed by atoms with Gasteiger partial charge in [-0.25, -0.2) is 9.97 Å². The van der Waals surface area contributed by atoms with Crippen LogP contribution in [-0.2, 0) is 16.1 Å². The summed E-state index contributed by atoms with van der Waals surface area (Å²) in [6, 6.07) is 3.72. The summed E-state index contributed by atoms with van der Waals surface area (Å²) in [7, 11) is 0. The van der Waals surface area contributed by atoms with Crippen LogP contribution < -0.4 is 5.32 Å². The van der Waals surface area contributed by atoms with Gasteiger partial charge in [-0.05, 0) is 13.8 Å². The van der Waals surface area contributed by atoms with E-state index in [0.29, 0.717) is 37.9 Å². The summed E-state index contributed by atoms with van der Waals surface area (Å²) in [5.41, 5.74) is 1.61. The van der Waals surface area contributed by atoms with Crippen LogP contribution in [0.4, 0.5) is 5.82 Å². The van der Waals surface area contributed by atoms with Crippen molar-refractivity contribution < 1.29 is 14.1 Å². The zero-order chi connectivity index (χ0) is 17.1. The number of morpholine rings is 1. The minimum atomic E-state index is -0.238. The number of nitrogens with one attached hydrogen (secondary N) is 1. The summed E-state index contributed by atoms with van der Waals surface area (Å²) in [6.07, 6.45) is -0.238. The topological polar surface area (TPSA) is 93.4 Å². The molecule has 0 spiro atoms. The molecule has 8 heteroatoms. The van der Waals surface area contributed by atoms with Crippen LogP contribution in [0.2, 0.25) is 0 Å². The lowest BCUT2D eigenvalue weighted by Gasteiger charge is -2.32. The normalized spacial score (nSPS) is 17.8. The molecule has 1 fully saturated rings. The van der Waals surface area contributed by atoms with E-state index < -0.39 is 0 Å². The third-order valence-corrected chi connectivity index (χ3v) is 3.82. The molecule has 2 aromatic rings. The number of nitrogens with zero attached hydrogens (tertiary/aromatic N) is 4. The van der Waals surface area contributed by atoms with Gasteiger partial charge in [0.25, 0.3) is 0 Å². The molecule has 0 aliphatic carbocycles. The van der Waals surface area contributed by atoms with Crippen LogP contribution in [0, 0.1) is 13.8 Å². The highest BCUT2D eigenvalue weighted by Gasteiger charge is 2.25. The highest BCUT2D eigenvalue weighted by molar-refractivity contribution is 5.73. The van der Waals surface area contributed by atoms with E-state index >= 15 is 0 Å². The molecule has 8 nitrogen and oxygen atoms in total. The summed E-state index contributed by atoms with van der Waals surface area (Å²) < 4.78 is 11.0. The first kappa shape index (κ1) is 16.4. The molecule has 1 N–H and O–H groups in total. The number of carbonyl (C=O) groups is 1. The zero-order valence-electron chi connectivity index (χ0n) is 14.1. The first-order valence-corrected chi connectivity index (χ1v) is 7.90. The van der Waals surface area contributed by atoms with Crippen molar-refractivity contribution in [1.29, 1.82) is 0 Å². The van der Waals surface area contributed by atoms with Crippen molar-refractivity contribution in [2.45, 2.75) is 33.4 Å². The lowest BCUT2D eigenvalue weighted by atomic mass is 10.2. The maximum absolute atomic E-state index is 11.6. The van der Waals surface area contributed by atoms with E-state index in [-0.39, 0.29) is 12.0 Å². The van der Waals surface area contributed by atoms with Gasteiger partial charge in [0.15, 0.2) is 5.76 Å². The second-order valence-electron chi connectivity index (χ2n) is 5.84. The Morgan fingerprint density at radius 3 is 2.92 bits per heavy atom. The molecule has 0 aromatic carbocycles. The Bertz CT molecular complexity index is 730. The second-order valence-corrected chi connectivity index (χ2v) is 5.84. The van der Waals surface area contributed by atoms with E-state index in [2.05, 4.69) is 20.4 Å². The van der Waals surface area contributed by atoms with Crippen LogP contribution in [-0.4, -0.2) is 45.6 Å². The minimum absolute atomic E-state index is 0.0492. The molecule has 3 heterocycles. The quantitative estimate of drug-likeness (QED) is 0.909. The number of ether oxygens (including phenoxy) is 1. The molecule has 0 radical (unpaired) electrons. The van der Waals surface area contributed by atoms with E-state index in [0.717, 1.165) is 17.1 Å². The van der Waals surface area contributed by atoms with Crippen LogP contribution in [0.5, 0.6) is 0 Å². The van der Waals surface area contributed by atoms with E-state index in [1.165, 1.54) is 0 Å².